The maximum absolute atomic E-state index is 11.1. The minimum atomic E-state index is -1.46. The Kier molecular flexibility index (Phi) is 7.08. The van der Waals surface area contributed by atoms with Crippen molar-refractivity contribution in [2.75, 3.05) is 20.1 Å². The maximum Gasteiger partial charge on any atom is 0.283 e. The number of hydrogen-bond donors (Lipinski definition) is 1. The van der Waals surface area contributed by atoms with Gasteiger partial charge in [-0.25, -0.2) is 0 Å². The molecule has 1 atom stereocenters. The maximum atomic E-state index is 11.1. The molecule has 1 N–H and O–H groups in total. The standard InChI is InChI=1S/C13H19NO.C6H3N3O7/c1-13(7-4-8-14(2)10-13)11-5-3-6-12(15)9-11;10-6-4(8(13)14)1-3(7(11)12)2-5(6)9(15)16/h3,5-6,9,15H,4,7-8,10H2,1-2H3;1-2,10H/p-1. The number of benzene rings is 2. The monoisotopic (exact) mass is 433 g/mol. The second kappa shape index (κ2) is 9.34. The van der Waals surface area contributed by atoms with E-state index in [9.17, 15) is 40.6 Å². The van der Waals surface area contributed by atoms with Crippen molar-refractivity contribution in [3.05, 3.63) is 72.3 Å². The van der Waals surface area contributed by atoms with Crippen LogP contribution in [0.25, 0.3) is 0 Å². The van der Waals surface area contributed by atoms with Crippen LogP contribution in [0.5, 0.6) is 11.5 Å². The SMILES string of the molecule is CN1CCCC(C)(c2cccc(O)c2)C1.O=[N+]([O-])c1cc([N+](=O)[O-])c([O-])c([N+](=O)[O-])c1. The van der Waals surface area contributed by atoms with Gasteiger partial charge >= 0.3 is 0 Å². The second-order valence-electron chi connectivity index (χ2n) is 7.54. The number of piperidine rings is 1. The number of nitrogens with zero attached hydrogens (tertiary/aromatic N) is 4. The van der Waals surface area contributed by atoms with Crippen LogP contribution in [0.2, 0.25) is 0 Å². The Morgan fingerprint density at radius 2 is 1.58 bits per heavy atom. The van der Waals surface area contributed by atoms with E-state index in [4.69, 9.17) is 0 Å². The summed E-state index contributed by atoms with van der Waals surface area (Å²) in [5.74, 6) is -1.08. The first-order valence-corrected chi connectivity index (χ1v) is 9.21. The Morgan fingerprint density at radius 1 is 1.00 bits per heavy atom. The van der Waals surface area contributed by atoms with Crippen LogP contribution < -0.4 is 5.11 Å². The predicted octanol–water partition coefficient (Wildman–Crippen LogP) is 2.86. The molecule has 166 valence electrons. The first-order chi connectivity index (χ1) is 14.4. The van der Waals surface area contributed by atoms with Gasteiger partial charge in [-0.15, -0.1) is 0 Å². The van der Waals surface area contributed by atoms with Crippen LogP contribution >= 0.6 is 0 Å². The summed E-state index contributed by atoms with van der Waals surface area (Å²) in [5, 5.41) is 51.6. The molecule has 0 aliphatic carbocycles. The van der Waals surface area contributed by atoms with Gasteiger partial charge in [0.1, 0.15) is 5.75 Å². The number of likely N-dealkylation sites (N-methyl/N-ethyl adjacent to an activating group) is 1. The number of hydrogen-bond acceptors (Lipinski definition) is 9. The predicted molar refractivity (Wildman–Crippen MR) is 108 cm³/mol. The molecule has 1 saturated heterocycles. The number of aromatic hydroxyl groups is 1. The minimum absolute atomic E-state index is 0.200. The molecule has 1 aliphatic heterocycles. The lowest BCUT2D eigenvalue weighted by atomic mass is 9.76. The average molecular weight is 433 g/mol. The zero-order chi connectivity index (χ0) is 23.3. The average Bonchev–Trinajstić information content (AvgIpc) is 2.68. The van der Waals surface area contributed by atoms with Crippen LogP contribution in [-0.2, 0) is 5.41 Å². The van der Waals surface area contributed by atoms with Gasteiger partial charge in [0.05, 0.1) is 32.7 Å². The van der Waals surface area contributed by atoms with Crippen LogP contribution in [0, 0.1) is 30.3 Å². The summed E-state index contributed by atoms with van der Waals surface area (Å²) in [7, 11) is 2.17. The molecule has 0 bridgehead atoms. The van der Waals surface area contributed by atoms with Crippen LogP contribution in [-0.4, -0.2) is 44.9 Å². The van der Waals surface area contributed by atoms with Gasteiger partial charge in [0.2, 0.25) is 0 Å². The molecular weight excluding hydrogens is 412 g/mol. The molecule has 0 radical (unpaired) electrons. The number of phenols is 1. The van der Waals surface area contributed by atoms with E-state index in [1.165, 1.54) is 24.9 Å². The molecule has 31 heavy (non-hydrogen) atoms. The Bertz CT molecular complexity index is 977. The summed E-state index contributed by atoms with van der Waals surface area (Å²) < 4.78 is 0. The quantitative estimate of drug-likeness (QED) is 0.561. The van der Waals surface area contributed by atoms with Crippen LogP contribution in [0.1, 0.15) is 25.3 Å². The molecule has 1 fully saturated rings. The summed E-state index contributed by atoms with van der Waals surface area (Å²) in [6, 6.07) is 8.46. The van der Waals surface area contributed by atoms with E-state index in [0.717, 1.165) is 6.54 Å². The van der Waals surface area contributed by atoms with Gasteiger partial charge < -0.3 is 15.1 Å². The highest BCUT2D eigenvalue weighted by Gasteiger charge is 2.31. The van der Waals surface area contributed by atoms with Crippen molar-refractivity contribution in [3.63, 3.8) is 0 Å². The highest BCUT2D eigenvalue weighted by Crippen LogP contribution is 2.37. The molecule has 2 aromatic carbocycles. The molecule has 12 heteroatoms. The van der Waals surface area contributed by atoms with Crippen LogP contribution in [0.4, 0.5) is 17.1 Å². The number of nitro groups is 3. The molecule has 12 nitrogen and oxygen atoms in total. The van der Waals surface area contributed by atoms with Gasteiger partial charge in [-0.3, -0.25) is 30.3 Å². The number of rotatable bonds is 4. The molecule has 0 amide bonds. The van der Waals surface area contributed by atoms with E-state index >= 15 is 0 Å². The smallest absolute Gasteiger partial charge is 0.283 e. The third kappa shape index (κ3) is 5.63. The summed E-state index contributed by atoms with van der Waals surface area (Å²) in [6.45, 7) is 4.56. The van der Waals surface area contributed by atoms with Crippen molar-refractivity contribution in [3.8, 4) is 11.5 Å². The number of nitro benzene ring substituents is 3. The van der Waals surface area contributed by atoms with Crippen LogP contribution in [0.15, 0.2) is 36.4 Å². The lowest BCUT2D eigenvalue weighted by molar-refractivity contribution is -0.420. The Balaban J connectivity index is 0.000000220. The van der Waals surface area contributed by atoms with Gasteiger partial charge in [0.25, 0.3) is 17.1 Å². The van der Waals surface area contributed by atoms with E-state index in [1.54, 1.807) is 6.07 Å². The summed E-state index contributed by atoms with van der Waals surface area (Å²) >= 11 is 0. The second-order valence-corrected chi connectivity index (χ2v) is 7.54. The molecule has 0 saturated carbocycles. The van der Waals surface area contributed by atoms with Crippen molar-refractivity contribution in [2.45, 2.75) is 25.2 Å². The van der Waals surface area contributed by atoms with Crippen molar-refractivity contribution in [1.82, 2.24) is 4.90 Å². The van der Waals surface area contributed by atoms with Gasteiger partial charge in [-0.1, -0.05) is 19.1 Å². The first-order valence-electron chi connectivity index (χ1n) is 9.21. The zero-order valence-corrected chi connectivity index (χ0v) is 16.9. The lowest BCUT2D eigenvalue weighted by Crippen LogP contribution is -2.42. The van der Waals surface area contributed by atoms with Gasteiger partial charge in [-0.2, -0.15) is 0 Å². The van der Waals surface area contributed by atoms with E-state index in [-0.39, 0.29) is 5.41 Å². The Labute approximate surface area is 176 Å². The van der Waals surface area contributed by atoms with Gasteiger partial charge in [0.15, 0.2) is 0 Å². The molecule has 2 aromatic rings. The summed E-state index contributed by atoms with van der Waals surface area (Å²) in [6.07, 6.45) is 2.45. The van der Waals surface area contributed by atoms with Gasteiger partial charge in [0, 0.05) is 12.0 Å². The highest BCUT2D eigenvalue weighted by atomic mass is 16.6. The topological polar surface area (TPSA) is 176 Å². The third-order valence-corrected chi connectivity index (χ3v) is 5.07. The zero-order valence-electron chi connectivity index (χ0n) is 16.9. The molecular formula is C19H21N4O8-. The Hall–Kier alpha value is -3.80. The van der Waals surface area contributed by atoms with Crippen LogP contribution in [0.3, 0.4) is 0 Å². The number of non-ortho nitro benzene ring substituents is 1. The minimum Gasteiger partial charge on any atom is -0.863 e. The summed E-state index contributed by atoms with van der Waals surface area (Å²) in [5.41, 5.74) is -1.81. The summed E-state index contributed by atoms with van der Waals surface area (Å²) in [4.78, 5) is 29.9. The number of phenolic OH excluding ortho intramolecular Hbond substituents is 1. The molecule has 0 spiro atoms. The van der Waals surface area contributed by atoms with Crippen molar-refractivity contribution >= 4 is 17.1 Å². The van der Waals surface area contributed by atoms with E-state index < -0.39 is 37.6 Å². The normalized spacial score (nSPS) is 18.5. The van der Waals surface area contributed by atoms with E-state index in [0.29, 0.717) is 17.9 Å². The fourth-order valence-electron chi connectivity index (χ4n) is 3.57. The van der Waals surface area contributed by atoms with Crippen molar-refractivity contribution in [1.29, 1.82) is 0 Å². The molecule has 1 heterocycles. The fourth-order valence-corrected chi connectivity index (χ4v) is 3.57. The third-order valence-electron chi connectivity index (χ3n) is 5.07. The largest absolute Gasteiger partial charge is 0.863 e. The van der Waals surface area contributed by atoms with Gasteiger partial charge in [-0.05, 0) is 44.1 Å². The highest BCUT2D eigenvalue weighted by molar-refractivity contribution is 5.64. The molecule has 1 unspecified atom stereocenters. The first kappa shape index (κ1) is 23.5. The van der Waals surface area contributed by atoms with E-state index in [1.807, 2.05) is 12.1 Å². The lowest BCUT2D eigenvalue weighted by Gasteiger charge is -2.39. The number of likely N-dealkylation sites (tertiary alicyclic amines) is 1. The molecule has 3 rings (SSSR count). The molecule has 1 aliphatic rings. The fraction of sp³-hybridized carbons (Fsp3) is 0.368. The van der Waals surface area contributed by atoms with E-state index in [2.05, 4.69) is 24.9 Å². The van der Waals surface area contributed by atoms with Crippen molar-refractivity contribution in [2.24, 2.45) is 0 Å². The Morgan fingerprint density at radius 3 is 2.03 bits per heavy atom. The van der Waals surface area contributed by atoms with Crippen molar-refractivity contribution < 1.29 is 25.0 Å². The molecule has 0 aromatic heterocycles.